The highest BCUT2D eigenvalue weighted by Gasteiger charge is 2.63. The van der Waals surface area contributed by atoms with Crippen molar-refractivity contribution in [2.24, 2.45) is 11.8 Å². The van der Waals surface area contributed by atoms with Crippen LogP contribution in [0, 0.1) is 11.8 Å². The number of hydrogen-bond donors (Lipinski definition) is 1. The highest BCUT2D eigenvalue weighted by Crippen LogP contribution is 2.54. The van der Waals surface area contributed by atoms with E-state index < -0.39 is 0 Å². The molecule has 0 aromatic heterocycles. The molecule has 4 atom stereocenters. The Balaban J connectivity index is 1.36. The molecule has 3 fully saturated rings. The Bertz CT molecular complexity index is 616. The lowest BCUT2D eigenvalue weighted by atomic mass is 9.74. The number of carbonyl (C=O) groups is 1. The average Bonchev–Trinajstić information content (AvgIpc) is 3.27. The first-order chi connectivity index (χ1) is 11.6. The quantitative estimate of drug-likeness (QED) is 0.891. The van der Waals surface area contributed by atoms with Gasteiger partial charge in [0.1, 0.15) is 5.75 Å². The van der Waals surface area contributed by atoms with Crippen LogP contribution < -0.4 is 4.74 Å². The highest BCUT2D eigenvalue weighted by molar-refractivity contribution is 5.77. The van der Waals surface area contributed by atoms with E-state index in [1.165, 1.54) is 0 Å². The standard InChI is InChI=1S/C19H25NO4/c1-23-14-5-2-13(3-6-14)4-7-18(22)20-10-16-15(11-21)17-8-9-19(16,12-20)24-17/h2-3,5-6,15-17,21H,4,7-12H2,1H3/t15-,16+,17+,19+/m0/s1. The molecule has 1 amide bonds. The molecule has 2 bridgehead atoms. The molecule has 1 spiro atoms. The molecule has 1 N–H and O–H groups in total. The van der Waals surface area contributed by atoms with E-state index in [1.807, 2.05) is 29.2 Å². The second-order valence-corrected chi connectivity index (χ2v) is 7.34. The Labute approximate surface area is 142 Å². The Morgan fingerprint density at radius 2 is 2.21 bits per heavy atom. The maximum Gasteiger partial charge on any atom is 0.223 e. The van der Waals surface area contributed by atoms with Crippen molar-refractivity contribution in [3.63, 3.8) is 0 Å². The molecule has 3 heterocycles. The number of aryl methyl sites for hydroxylation is 1. The van der Waals surface area contributed by atoms with Gasteiger partial charge in [0.05, 0.1) is 25.4 Å². The fraction of sp³-hybridized carbons (Fsp3) is 0.632. The molecule has 24 heavy (non-hydrogen) atoms. The molecule has 130 valence electrons. The van der Waals surface area contributed by atoms with Crippen LogP contribution in [0.25, 0.3) is 0 Å². The zero-order valence-corrected chi connectivity index (χ0v) is 14.1. The molecule has 1 aromatic rings. The van der Waals surface area contributed by atoms with Gasteiger partial charge in [-0.05, 0) is 37.0 Å². The molecule has 0 unspecified atom stereocenters. The predicted molar refractivity (Wildman–Crippen MR) is 88.8 cm³/mol. The van der Waals surface area contributed by atoms with Crippen LogP contribution in [0.2, 0.25) is 0 Å². The smallest absolute Gasteiger partial charge is 0.223 e. The number of fused-ring (bicyclic) bond motifs is 1. The van der Waals surface area contributed by atoms with Crippen LogP contribution in [0.3, 0.4) is 0 Å². The molecule has 5 heteroatoms. The number of rotatable bonds is 5. The van der Waals surface area contributed by atoms with Crippen molar-refractivity contribution >= 4 is 5.91 Å². The van der Waals surface area contributed by atoms with Gasteiger partial charge >= 0.3 is 0 Å². The third kappa shape index (κ3) is 2.50. The molecule has 3 saturated heterocycles. The van der Waals surface area contributed by atoms with Crippen molar-refractivity contribution in [3.05, 3.63) is 29.8 Å². The predicted octanol–water partition coefficient (Wildman–Crippen LogP) is 1.63. The Kier molecular flexibility index (Phi) is 4.01. The van der Waals surface area contributed by atoms with E-state index in [4.69, 9.17) is 9.47 Å². The normalized spacial score (nSPS) is 33.8. The molecule has 3 aliphatic rings. The summed E-state index contributed by atoms with van der Waals surface area (Å²) in [4.78, 5) is 14.6. The number of aliphatic hydroxyl groups is 1. The van der Waals surface area contributed by atoms with Crippen molar-refractivity contribution < 1.29 is 19.4 Å². The van der Waals surface area contributed by atoms with Gasteiger partial charge in [-0.1, -0.05) is 12.1 Å². The number of aliphatic hydroxyl groups excluding tert-OH is 1. The third-order valence-electron chi connectivity index (χ3n) is 6.13. The van der Waals surface area contributed by atoms with E-state index >= 15 is 0 Å². The minimum atomic E-state index is -0.173. The van der Waals surface area contributed by atoms with E-state index in [0.29, 0.717) is 18.9 Å². The minimum Gasteiger partial charge on any atom is -0.497 e. The number of hydrogen-bond acceptors (Lipinski definition) is 4. The van der Waals surface area contributed by atoms with Gasteiger partial charge in [-0.2, -0.15) is 0 Å². The van der Waals surface area contributed by atoms with Gasteiger partial charge in [-0.15, -0.1) is 0 Å². The van der Waals surface area contributed by atoms with Gasteiger partial charge in [-0.3, -0.25) is 4.79 Å². The van der Waals surface area contributed by atoms with E-state index in [9.17, 15) is 9.90 Å². The van der Waals surface area contributed by atoms with Gasteiger partial charge in [0, 0.05) is 31.4 Å². The second kappa shape index (κ2) is 6.05. The van der Waals surface area contributed by atoms with Crippen LogP contribution in [0.15, 0.2) is 24.3 Å². The van der Waals surface area contributed by atoms with Crippen LogP contribution in [-0.4, -0.2) is 54.4 Å². The molecule has 4 rings (SSSR count). The van der Waals surface area contributed by atoms with Gasteiger partial charge < -0.3 is 19.5 Å². The minimum absolute atomic E-state index is 0.172. The largest absolute Gasteiger partial charge is 0.497 e. The summed E-state index contributed by atoms with van der Waals surface area (Å²) in [6.07, 6.45) is 3.51. The Morgan fingerprint density at radius 1 is 1.42 bits per heavy atom. The second-order valence-electron chi connectivity index (χ2n) is 7.34. The first-order valence-electron chi connectivity index (χ1n) is 8.84. The van der Waals surface area contributed by atoms with E-state index in [0.717, 1.165) is 37.1 Å². The fourth-order valence-corrected chi connectivity index (χ4v) is 4.83. The summed E-state index contributed by atoms with van der Waals surface area (Å²) in [7, 11) is 1.65. The van der Waals surface area contributed by atoms with E-state index in [2.05, 4.69) is 0 Å². The number of methoxy groups -OCH3 is 1. The van der Waals surface area contributed by atoms with Crippen molar-refractivity contribution in [3.8, 4) is 5.75 Å². The van der Waals surface area contributed by atoms with Crippen molar-refractivity contribution in [2.45, 2.75) is 37.4 Å². The van der Waals surface area contributed by atoms with Gasteiger partial charge in [0.25, 0.3) is 0 Å². The van der Waals surface area contributed by atoms with Gasteiger partial charge in [0.2, 0.25) is 5.91 Å². The summed E-state index contributed by atoms with van der Waals surface area (Å²) >= 11 is 0. The summed E-state index contributed by atoms with van der Waals surface area (Å²) < 4.78 is 11.3. The maximum absolute atomic E-state index is 12.6. The molecular formula is C19H25NO4. The lowest BCUT2D eigenvalue weighted by Gasteiger charge is -2.27. The molecule has 1 aromatic carbocycles. The van der Waals surface area contributed by atoms with Crippen LogP contribution in [0.5, 0.6) is 5.75 Å². The van der Waals surface area contributed by atoms with Gasteiger partial charge in [0.15, 0.2) is 0 Å². The number of carbonyl (C=O) groups excluding carboxylic acids is 1. The zero-order valence-electron chi connectivity index (χ0n) is 14.1. The number of likely N-dealkylation sites (tertiary alicyclic amines) is 1. The van der Waals surface area contributed by atoms with Crippen LogP contribution in [0.4, 0.5) is 0 Å². The number of amides is 1. The summed E-state index contributed by atoms with van der Waals surface area (Å²) in [5.41, 5.74) is 0.973. The lowest BCUT2D eigenvalue weighted by molar-refractivity contribution is -0.131. The number of nitrogens with zero attached hydrogens (tertiary/aromatic N) is 1. The zero-order chi connectivity index (χ0) is 16.7. The first-order valence-corrected chi connectivity index (χ1v) is 8.84. The topological polar surface area (TPSA) is 59.0 Å². The highest BCUT2D eigenvalue weighted by atomic mass is 16.5. The van der Waals surface area contributed by atoms with Crippen molar-refractivity contribution in [1.29, 1.82) is 0 Å². The number of benzene rings is 1. The summed E-state index contributed by atoms with van der Waals surface area (Å²) in [5, 5.41) is 9.66. The molecule has 0 aliphatic carbocycles. The monoisotopic (exact) mass is 331 g/mol. The Morgan fingerprint density at radius 3 is 2.92 bits per heavy atom. The van der Waals surface area contributed by atoms with Crippen molar-refractivity contribution in [1.82, 2.24) is 4.90 Å². The van der Waals surface area contributed by atoms with E-state index in [1.54, 1.807) is 7.11 Å². The first kappa shape index (κ1) is 15.9. The molecular weight excluding hydrogens is 306 g/mol. The maximum atomic E-state index is 12.6. The van der Waals surface area contributed by atoms with Crippen LogP contribution >= 0.6 is 0 Å². The van der Waals surface area contributed by atoms with Crippen molar-refractivity contribution in [2.75, 3.05) is 26.8 Å². The average molecular weight is 331 g/mol. The summed E-state index contributed by atoms with van der Waals surface area (Å²) in [5.74, 6) is 1.54. The molecule has 0 saturated carbocycles. The summed E-state index contributed by atoms with van der Waals surface area (Å²) in [6, 6.07) is 7.88. The van der Waals surface area contributed by atoms with Crippen LogP contribution in [-0.2, 0) is 16.0 Å². The third-order valence-corrected chi connectivity index (χ3v) is 6.13. The molecule has 0 radical (unpaired) electrons. The van der Waals surface area contributed by atoms with E-state index in [-0.39, 0.29) is 30.1 Å². The Hall–Kier alpha value is -1.59. The fourth-order valence-electron chi connectivity index (χ4n) is 4.83. The lowest BCUT2D eigenvalue weighted by Crippen LogP contribution is -2.38. The SMILES string of the molecule is COc1ccc(CCC(=O)N2C[C@@H]3[C@H](CO)[C@H]4CC[C@]3(C2)O4)cc1. The van der Waals surface area contributed by atoms with Crippen LogP contribution in [0.1, 0.15) is 24.8 Å². The number of ether oxygens (including phenoxy) is 2. The summed E-state index contributed by atoms with van der Waals surface area (Å²) in [6.45, 7) is 1.61. The molecule has 3 aliphatic heterocycles. The van der Waals surface area contributed by atoms with Gasteiger partial charge in [-0.25, -0.2) is 0 Å². The molecule has 5 nitrogen and oxygen atoms in total.